The summed E-state index contributed by atoms with van der Waals surface area (Å²) in [4.78, 5) is 40.4. The lowest BCUT2D eigenvalue weighted by Crippen LogP contribution is -2.50. The summed E-state index contributed by atoms with van der Waals surface area (Å²) in [6.45, 7) is 2.45. The van der Waals surface area contributed by atoms with Crippen molar-refractivity contribution in [3.63, 3.8) is 0 Å². The normalized spacial score (nSPS) is 22.0. The number of aromatic nitrogens is 2. The van der Waals surface area contributed by atoms with Gasteiger partial charge < -0.3 is 10.0 Å². The molecular weight excluding hydrogens is 274 g/mol. The van der Waals surface area contributed by atoms with Crippen LogP contribution in [-0.4, -0.2) is 44.5 Å². The summed E-state index contributed by atoms with van der Waals surface area (Å²) < 4.78 is 1.23. The largest absolute Gasteiger partial charge is 0.481 e. The van der Waals surface area contributed by atoms with E-state index in [1.54, 1.807) is 11.0 Å². The first-order chi connectivity index (χ1) is 9.98. The van der Waals surface area contributed by atoms with Gasteiger partial charge in [-0.25, -0.2) is 9.78 Å². The highest BCUT2D eigenvalue weighted by atomic mass is 16.4. The van der Waals surface area contributed by atoms with E-state index in [4.69, 9.17) is 0 Å². The van der Waals surface area contributed by atoms with Crippen molar-refractivity contribution in [3.8, 4) is 0 Å². The van der Waals surface area contributed by atoms with Crippen molar-refractivity contribution in [1.82, 2.24) is 14.5 Å². The number of likely N-dealkylation sites (tertiary alicyclic amines) is 1. The van der Waals surface area contributed by atoms with Crippen LogP contribution in [0.2, 0.25) is 0 Å². The Labute approximate surface area is 122 Å². The molecule has 2 rings (SSSR count). The number of hydrogen-bond acceptors (Lipinski definition) is 4. The van der Waals surface area contributed by atoms with E-state index in [9.17, 15) is 19.5 Å². The van der Waals surface area contributed by atoms with E-state index < -0.39 is 17.1 Å². The third-order valence-corrected chi connectivity index (χ3v) is 4.15. The molecule has 0 spiro atoms. The minimum Gasteiger partial charge on any atom is -0.481 e. The number of amides is 1. The molecule has 1 fully saturated rings. The number of hydrogen-bond donors (Lipinski definition) is 1. The maximum Gasteiger partial charge on any atom is 0.347 e. The standard InChI is InChI=1S/C14H19N3O4/c1-2-14(12(19)20)5-3-7-17(10-14)11(18)9-16-8-4-6-15-13(16)21/h4,6,8H,2-3,5,7,9-10H2,1H3,(H,19,20). The van der Waals surface area contributed by atoms with Crippen LogP contribution in [0.1, 0.15) is 26.2 Å². The van der Waals surface area contributed by atoms with Crippen LogP contribution in [0, 0.1) is 5.41 Å². The van der Waals surface area contributed by atoms with Crippen molar-refractivity contribution in [2.75, 3.05) is 13.1 Å². The van der Waals surface area contributed by atoms with Crippen LogP contribution in [0.3, 0.4) is 0 Å². The van der Waals surface area contributed by atoms with Crippen molar-refractivity contribution in [1.29, 1.82) is 0 Å². The minimum absolute atomic E-state index is 0.105. The Balaban J connectivity index is 2.11. The SMILES string of the molecule is CCC1(C(=O)O)CCCN(C(=O)Cn2cccnc2=O)C1. The first-order valence-electron chi connectivity index (χ1n) is 7.01. The molecule has 0 radical (unpaired) electrons. The van der Waals surface area contributed by atoms with Gasteiger partial charge in [0.05, 0.1) is 5.41 Å². The lowest BCUT2D eigenvalue weighted by Gasteiger charge is -2.39. The van der Waals surface area contributed by atoms with E-state index in [2.05, 4.69) is 4.98 Å². The summed E-state index contributed by atoms with van der Waals surface area (Å²) in [5, 5.41) is 9.42. The fraction of sp³-hybridized carbons (Fsp3) is 0.571. The number of carbonyl (C=O) groups is 2. The topological polar surface area (TPSA) is 92.5 Å². The summed E-state index contributed by atoms with van der Waals surface area (Å²) in [5.41, 5.74) is -1.35. The predicted octanol–water partition coefficient (Wildman–Crippen LogP) is 0.347. The number of rotatable bonds is 4. The Morgan fingerprint density at radius 1 is 1.48 bits per heavy atom. The Morgan fingerprint density at radius 3 is 2.86 bits per heavy atom. The first-order valence-corrected chi connectivity index (χ1v) is 7.01. The molecule has 7 nitrogen and oxygen atoms in total. The highest BCUT2D eigenvalue weighted by Crippen LogP contribution is 2.33. The van der Waals surface area contributed by atoms with E-state index in [0.717, 1.165) is 0 Å². The molecule has 1 aliphatic heterocycles. The molecule has 0 aliphatic carbocycles. The van der Waals surface area contributed by atoms with Gasteiger partial charge in [-0.2, -0.15) is 0 Å². The first kappa shape index (κ1) is 15.2. The van der Waals surface area contributed by atoms with E-state index in [-0.39, 0.29) is 19.0 Å². The van der Waals surface area contributed by atoms with Gasteiger partial charge in [-0.3, -0.25) is 14.2 Å². The fourth-order valence-corrected chi connectivity index (χ4v) is 2.71. The van der Waals surface area contributed by atoms with Crippen LogP contribution in [0.5, 0.6) is 0 Å². The van der Waals surface area contributed by atoms with Crippen LogP contribution in [0.4, 0.5) is 0 Å². The van der Waals surface area contributed by atoms with E-state index >= 15 is 0 Å². The summed E-state index contributed by atoms with van der Waals surface area (Å²) in [6.07, 6.45) is 4.60. The van der Waals surface area contributed by atoms with Crippen molar-refractivity contribution in [2.24, 2.45) is 5.41 Å². The highest BCUT2D eigenvalue weighted by molar-refractivity contribution is 5.79. The van der Waals surface area contributed by atoms with E-state index in [0.29, 0.717) is 25.8 Å². The summed E-state index contributed by atoms with van der Waals surface area (Å²) >= 11 is 0. The molecule has 1 N–H and O–H groups in total. The summed E-state index contributed by atoms with van der Waals surface area (Å²) in [5.74, 6) is -1.11. The number of carboxylic acid groups (broad SMARTS) is 1. The van der Waals surface area contributed by atoms with Gasteiger partial charge in [0.15, 0.2) is 0 Å². The molecule has 1 saturated heterocycles. The molecule has 1 atom stereocenters. The van der Waals surface area contributed by atoms with Gasteiger partial charge in [0.1, 0.15) is 6.54 Å². The molecule has 2 heterocycles. The Morgan fingerprint density at radius 2 is 2.24 bits per heavy atom. The quantitative estimate of drug-likeness (QED) is 0.864. The van der Waals surface area contributed by atoms with Crippen molar-refractivity contribution in [3.05, 3.63) is 28.9 Å². The average molecular weight is 293 g/mol. The number of nitrogens with zero attached hydrogens (tertiary/aromatic N) is 3. The van der Waals surface area contributed by atoms with Gasteiger partial charge in [0.25, 0.3) is 0 Å². The van der Waals surface area contributed by atoms with Crippen molar-refractivity contribution in [2.45, 2.75) is 32.7 Å². The molecule has 114 valence electrons. The molecule has 1 aromatic heterocycles. The van der Waals surface area contributed by atoms with Crippen molar-refractivity contribution < 1.29 is 14.7 Å². The van der Waals surface area contributed by atoms with Crippen LogP contribution >= 0.6 is 0 Å². The monoisotopic (exact) mass is 293 g/mol. The summed E-state index contributed by atoms with van der Waals surface area (Å²) in [7, 11) is 0. The van der Waals surface area contributed by atoms with Crippen LogP contribution in [-0.2, 0) is 16.1 Å². The second-order valence-electron chi connectivity index (χ2n) is 5.39. The molecule has 1 unspecified atom stereocenters. The molecule has 0 bridgehead atoms. The van der Waals surface area contributed by atoms with Gasteiger partial charge >= 0.3 is 11.7 Å². The molecule has 1 aromatic rings. The molecule has 21 heavy (non-hydrogen) atoms. The second kappa shape index (κ2) is 6.07. The molecule has 1 amide bonds. The number of carboxylic acids is 1. The lowest BCUT2D eigenvalue weighted by molar-refractivity contribution is -0.155. The van der Waals surface area contributed by atoms with Crippen LogP contribution < -0.4 is 5.69 Å². The van der Waals surface area contributed by atoms with Gasteiger partial charge in [-0.1, -0.05) is 6.92 Å². The Hall–Kier alpha value is -2.18. The van der Waals surface area contributed by atoms with Gasteiger partial charge in [0, 0.05) is 25.5 Å². The molecular formula is C14H19N3O4. The van der Waals surface area contributed by atoms with E-state index in [1.165, 1.54) is 17.0 Å². The average Bonchev–Trinajstić information content (AvgIpc) is 2.49. The predicted molar refractivity (Wildman–Crippen MR) is 74.7 cm³/mol. The Kier molecular flexibility index (Phi) is 4.40. The van der Waals surface area contributed by atoms with Gasteiger partial charge in [0.2, 0.25) is 5.91 Å². The maximum absolute atomic E-state index is 12.3. The zero-order chi connectivity index (χ0) is 15.5. The lowest BCUT2D eigenvalue weighted by atomic mass is 9.77. The smallest absolute Gasteiger partial charge is 0.347 e. The molecule has 1 aliphatic rings. The number of piperidine rings is 1. The van der Waals surface area contributed by atoms with Crippen molar-refractivity contribution >= 4 is 11.9 Å². The zero-order valence-corrected chi connectivity index (χ0v) is 12.0. The zero-order valence-electron chi connectivity index (χ0n) is 12.0. The van der Waals surface area contributed by atoms with Crippen LogP contribution in [0.25, 0.3) is 0 Å². The maximum atomic E-state index is 12.3. The summed E-state index contributed by atoms with van der Waals surface area (Å²) in [6, 6.07) is 1.58. The van der Waals surface area contributed by atoms with Crippen LogP contribution in [0.15, 0.2) is 23.3 Å². The second-order valence-corrected chi connectivity index (χ2v) is 5.39. The third-order valence-electron chi connectivity index (χ3n) is 4.15. The fourth-order valence-electron chi connectivity index (χ4n) is 2.71. The van der Waals surface area contributed by atoms with E-state index in [1.807, 2.05) is 6.92 Å². The number of aliphatic carboxylic acids is 1. The van der Waals surface area contributed by atoms with Gasteiger partial charge in [-0.15, -0.1) is 0 Å². The van der Waals surface area contributed by atoms with Gasteiger partial charge in [-0.05, 0) is 25.3 Å². The minimum atomic E-state index is -0.867. The highest BCUT2D eigenvalue weighted by Gasteiger charge is 2.42. The Bertz CT molecular complexity index is 598. The number of carbonyl (C=O) groups excluding carboxylic acids is 1. The molecule has 0 saturated carbocycles. The third kappa shape index (κ3) is 3.12. The molecule has 7 heteroatoms. The molecule has 0 aromatic carbocycles.